The number of aliphatic hydroxyl groups is 1. The van der Waals surface area contributed by atoms with Gasteiger partial charge in [0.15, 0.2) is 5.82 Å². The minimum atomic E-state index is -0.671. The van der Waals surface area contributed by atoms with Crippen molar-refractivity contribution in [1.29, 1.82) is 0 Å². The largest absolute Gasteiger partial charge is 0.387 e. The molecule has 5 unspecified atom stereocenters. The summed E-state index contributed by atoms with van der Waals surface area (Å²) in [5.74, 6) is 1.72. The Hall–Kier alpha value is -4.10. The second kappa shape index (κ2) is 11.9. The fourth-order valence-corrected chi connectivity index (χ4v) is 7.42. The molecule has 5 aromatic rings. The summed E-state index contributed by atoms with van der Waals surface area (Å²) < 4.78 is 0. The minimum absolute atomic E-state index is 0.0535. The summed E-state index contributed by atoms with van der Waals surface area (Å²) >= 11 is 6.94. The van der Waals surface area contributed by atoms with E-state index in [2.05, 4.69) is 21.8 Å². The number of halogens is 1. The predicted octanol–water partition coefficient (Wildman–Crippen LogP) is 7.91. The Morgan fingerprint density at radius 1 is 0.907 bits per heavy atom. The summed E-state index contributed by atoms with van der Waals surface area (Å²) in [5.41, 5.74) is 4.44. The first-order valence-corrected chi connectivity index (χ1v) is 15.3. The summed E-state index contributed by atoms with van der Waals surface area (Å²) in [5, 5.41) is 17.3. The van der Waals surface area contributed by atoms with Crippen LogP contribution in [-0.2, 0) is 0 Å². The van der Waals surface area contributed by atoms with Crippen molar-refractivity contribution < 1.29 is 5.11 Å². The molecule has 6 nitrogen and oxygen atoms in total. The highest BCUT2D eigenvalue weighted by Gasteiger charge is 2.48. The molecule has 0 aliphatic carbocycles. The molecule has 216 valence electrons. The molecule has 7 heteroatoms. The molecule has 2 aromatic heterocycles. The molecule has 6 atom stereocenters. The van der Waals surface area contributed by atoms with Crippen LogP contribution in [0.25, 0.3) is 33.4 Å². The van der Waals surface area contributed by atoms with Gasteiger partial charge >= 0.3 is 0 Å². The molecule has 2 bridgehead atoms. The number of nitrogens with zero attached hydrogens (tertiary/aromatic N) is 4. The van der Waals surface area contributed by atoms with Crippen molar-refractivity contribution in [3.63, 3.8) is 0 Å². The lowest BCUT2D eigenvalue weighted by Gasteiger charge is -2.56. The van der Waals surface area contributed by atoms with Gasteiger partial charge in [0, 0.05) is 29.2 Å². The van der Waals surface area contributed by atoms with Crippen molar-refractivity contribution in [3.8, 4) is 22.5 Å². The van der Waals surface area contributed by atoms with Crippen LogP contribution >= 0.6 is 11.6 Å². The number of pyridine rings is 1. The SMILES string of the molecule is C=CCC1CC2CC(Nc3nc(-c4ccccc4)nc(Cl)c3-c3ccccc3)N1C([C@@H](O)c1ccnc3ccccc13)C2. The van der Waals surface area contributed by atoms with Gasteiger partial charge in [-0.1, -0.05) is 96.5 Å². The summed E-state index contributed by atoms with van der Waals surface area (Å²) in [6.07, 6.45) is 6.87. The summed E-state index contributed by atoms with van der Waals surface area (Å²) in [6, 6.07) is 30.2. The van der Waals surface area contributed by atoms with Crippen LogP contribution in [0.4, 0.5) is 5.82 Å². The van der Waals surface area contributed by atoms with E-state index in [0.29, 0.717) is 22.7 Å². The highest BCUT2D eigenvalue weighted by Crippen LogP contribution is 2.46. The fraction of sp³-hybridized carbons (Fsp3) is 0.250. The molecular formula is C36H34ClN5O. The highest BCUT2D eigenvalue weighted by molar-refractivity contribution is 6.32. The van der Waals surface area contributed by atoms with E-state index in [0.717, 1.165) is 58.8 Å². The Labute approximate surface area is 257 Å². The van der Waals surface area contributed by atoms with Crippen molar-refractivity contribution >= 4 is 28.3 Å². The number of hydrogen-bond acceptors (Lipinski definition) is 6. The maximum atomic E-state index is 12.0. The third-order valence-corrected chi connectivity index (χ3v) is 9.24. The van der Waals surface area contributed by atoms with Gasteiger partial charge in [0.25, 0.3) is 0 Å². The number of rotatable bonds is 8. The van der Waals surface area contributed by atoms with E-state index in [-0.39, 0.29) is 18.2 Å². The van der Waals surface area contributed by atoms with Crippen LogP contribution in [0.2, 0.25) is 5.15 Å². The van der Waals surface area contributed by atoms with Gasteiger partial charge in [0.05, 0.1) is 23.3 Å². The third kappa shape index (κ3) is 5.31. The van der Waals surface area contributed by atoms with E-state index in [1.807, 2.05) is 97.1 Å². The topological polar surface area (TPSA) is 74.2 Å². The van der Waals surface area contributed by atoms with E-state index in [4.69, 9.17) is 21.6 Å². The Balaban J connectivity index is 1.30. The van der Waals surface area contributed by atoms with E-state index in [9.17, 15) is 5.11 Å². The van der Waals surface area contributed by atoms with Gasteiger partial charge in [-0.05, 0) is 54.9 Å². The number of fused-ring (bicyclic) bond motifs is 4. The first-order chi connectivity index (χ1) is 21.1. The molecule has 3 aliphatic heterocycles. The lowest BCUT2D eigenvalue weighted by Crippen LogP contribution is -2.63. The molecule has 3 aliphatic rings. The number of aromatic nitrogens is 3. The summed E-state index contributed by atoms with van der Waals surface area (Å²) in [6.45, 7) is 4.07. The second-order valence-electron chi connectivity index (χ2n) is 11.6. The maximum absolute atomic E-state index is 12.0. The number of aliphatic hydroxyl groups excluding tert-OH is 1. The van der Waals surface area contributed by atoms with Crippen molar-refractivity contribution in [1.82, 2.24) is 19.9 Å². The van der Waals surface area contributed by atoms with Gasteiger partial charge in [-0.25, -0.2) is 9.97 Å². The van der Waals surface area contributed by atoms with Crippen LogP contribution in [0.15, 0.2) is 110 Å². The third-order valence-electron chi connectivity index (χ3n) is 8.97. The van der Waals surface area contributed by atoms with Gasteiger partial charge in [-0.2, -0.15) is 0 Å². The Morgan fingerprint density at radius 2 is 1.63 bits per heavy atom. The minimum Gasteiger partial charge on any atom is -0.387 e. The second-order valence-corrected chi connectivity index (χ2v) is 11.9. The fourth-order valence-electron chi connectivity index (χ4n) is 7.14. The number of benzene rings is 3. The van der Waals surface area contributed by atoms with Gasteiger partial charge in [0.2, 0.25) is 0 Å². The zero-order valence-electron chi connectivity index (χ0n) is 23.9. The summed E-state index contributed by atoms with van der Waals surface area (Å²) in [7, 11) is 0. The number of piperidine rings is 3. The lowest BCUT2D eigenvalue weighted by molar-refractivity contribution is -0.0863. The van der Waals surface area contributed by atoms with Crippen LogP contribution in [-0.4, -0.2) is 43.2 Å². The van der Waals surface area contributed by atoms with Crippen LogP contribution in [0.1, 0.15) is 37.4 Å². The van der Waals surface area contributed by atoms with E-state index in [1.54, 1.807) is 6.20 Å². The molecule has 0 radical (unpaired) electrons. The smallest absolute Gasteiger partial charge is 0.163 e. The molecule has 8 rings (SSSR count). The zero-order chi connectivity index (χ0) is 29.3. The average molecular weight is 588 g/mol. The van der Waals surface area contributed by atoms with Crippen LogP contribution in [0.5, 0.6) is 0 Å². The van der Waals surface area contributed by atoms with Crippen LogP contribution in [0, 0.1) is 5.92 Å². The molecular weight excluding hydrogens is 554 g/mol. The molecule has 3 saturated heterocycles. The molecule has 3 aromatic carbocycles. The number of nitrogens with one attached hydrogen (secondary N) is 1. The first kappa shape index (κ1) is 27.7. The van der Waals surface area contributed by atoms with Gasteiger partial charge in [-0.15, -0.1) is 6.58 Å². The van der Waals surface area contributed by atoms with Crippen molar-refractivity contribution in [2.24, 2.45) is 5.92 Å². The Kier molecular flexibility index (Phi) is 7.66. The lowest BCUT2D eigenvalue weighted by atomic mass is 9.74. The molecule has 2 N–H and O–H groups in total. The van der Waals surface area contributed by atoms with Crippen molar-refractivity contribution in [3.05, 3.63) is 121 Å². The zero-order valence-corrected chi connectivity index (χ0v) is 24.6. The molecule has 3 fully saturated rings. The summed E-state index contributed by atoms with van der Waals surface area (Å²) in [4.78, 5) is 16.8. The molecule has 0 saturated carbocycles. The van der Waals surface area contributed by atoms with Gasteiger partial charge < -0.3 is 10.4 Å². The average Bonchev–Trinajstić information content (AvgIpc) is 3.05. The van der Waals surface area contributed by atoms with Crippen LogP contribution in [0.3, 0.4) is 0 Å². The Morgan fingerprint density at radius 3 is 2.40 bits per heavy atom. The standard InChI is InChI=1S/C36H34ClN5O/c1-2-11-26-20-23-21-30(33(43)28-18-19-38-29-17-10-9-16-27(28)29)42(26)31(22-23)39-36-32(24-12-5-3-6-13-24)34(37)40-35(41-36)25-14-7-4-8-15-25/h2-10,12-19,23,26,30-31,33,43H,1,11,20-22H2,(H,39,40,41)/t23?,26?,30?,31?,33-/m0/s1. The highest BCUT2D eigenvalue weighted by atomic mass is 35.5. The van der Waals surface area contributed by atoms with Crippen LogP contribution < -0.4 is 5.32 Å². The van der Waals surface area contributed by atoms with Gasteiger partial charge in [-0.3, -0.25) is 9.88 Å². The number of hydrogen-bond donors (Lipinski definition) is 2. The molecule has 0 spiro atoms. The molecule has 43 heavy (non-hydrogen) atoms. The Bertz CT molecular complexity index is 1740. The van der Waals surface area contributed by atoms with E-state index >= 15 is 0 Å². The normalized spacial score (nSPS) is 23.6. The van der Waals surface area contributed by atoms with Crippen molar-refractivity contribution in [2.75, 3.05) is 5.32 Å². The molecule has 5 heterocycles. The predicted molar refractivity (Wildman–Crippen MR) is 174 cm³/mol. The quantitative estimate of drug-likeness (QED) is 0.142. The number of para-hydroxylation sites is 1. The number of anilines is 1. The monoisotopic (exact) mass is 587 g/mol. The van der Waals surface area contributed by atoms with Crippen molar-refractivity contribution in [2.45, 2.75) is 50.0 Å². The van der Waals surface area contributed by atoms with Gasteiger partial charge in [0.1, 0.15) is 11.0 Å². The molecule has 0 amide bonds. The van der Waals surface area contributed by atoms with E-state index < -0.39 is 6.10 Å². The maximum Gasteiger partial charge on any atom is 0.163 e. The van der Waals surface area contributed by atoms with E-state index in [1.165, 1.54) is 0 Å². The first-order valence-electron chi connectivity index (χ1n) is 15.0.